The summed E-state index contributed by atoms with van der Waals surface area (Å²) in [5, 5.41) is 0. The van der Waals surface area contributed by atoms with Crippen LogP contribution in [0, 0.1) is 5.41 Å². The average Bonchev–Trinajstić information content (AvgIpc) is 2.11. The third-order valence-electron chi connectivity index (χ3n) is 3.77. The highest BCUT2D eigenvalue weighted by molar-refractivity contribution is 5.92. The zero-order valence-corrected chi connectivity index (χ0v) is 8.91. The molecule has 1 saturated heterocycles. The molecule has 3 heteroatoms. The largest absolute Gasteiger partial charge is 0.376 e. The van der Waals surface area contributed by atoms with E-state index in [0.717, 1.165) is 12.8 Å². The molecule has 80 valence electrons. The van der Waals surface area contributed by atoms with Crippen molar-refractivity contribution < 1.29 is 14.3 Å². The minimum atomic E-state index is -0.171. The van der Waals surface area contributed by atoms with Crippen molar-refractivity contribution in [3.05, 3.63) is 0 Å². The van der Waals surface area contributed by atoms with Crippen molar-refractivity contribution in [3.8, 4) is 0 Å². The summed E-state index contributed by atoms with van der Waals surface area (Å²) in [5.74, 6) is 0.382. The predicted molar refractivity (Wildman–Crippen MR) is 52.1 cm³/mol. The molecule has 0 bridgehead atoms. The number of rotatable bonds is 4. The number of ketones is 1. The van der Waals surface area contributed by atoms with Gasteiger partial charge in [0.15, 0.2) is 0 Å². The Labute approximate surface area is 84.8 Å². The molecule has 0 aromatic rings. The number of ether oxygens (including phenoxy) is 2. The fourth-order valence-corrected chi connectivity index (χ4v) is 2.42. The summed E-state index contributed by atoms with van der Waals surface area (Å²) in [7, 11) is 0. The lowest BCUT2D eigenvalue weighted by Gasteiger charge is -2.48. The van der Waals surface area contributed by atoms with Gasteiger partial charge in [-0.25, -0.2) is 0 Å². The standard InChI is InChI=1S/C11H18O3/c1-3-11(4-2)9(12)5-10(11)14-8-6-13-7-8/h8,10H,3-7H2,1-2H3. The van der Waals surface area contributed by atoms with E-state index in [-0.39, 0.29) is 17.6 Å². The molecule has 2 rings (SSSR count). The van der Waals surface area contributed by atoms with Gasteiger partial charge in [0.25, 0.3) is 0 Å². The van der Waals surface area contributed by atoms with Crippen LogP contribution in [-0.4, -0.2) is 31.2 Å². The Balaban J connectivity index is 1.95. The van der Waals surface area contributed by atoms with Crippen LogP contribution in [0.5, 0.6) is 0 Å². The molecule has 0 spiro atoms. The van der Waals surface area contributed by atoms with Gasteiger partial charge in [0.1, 0.15) is 11.9 Å². The molecule has 0 N–H and O–H groups in total. The van der Waals surface area contributed by atoms with E-state index in [0.29, 0.717) is 25.4 Å². The summed E-state index contributed by atoms with van der Waals surface area (Å²) in [6.07, 6.45) is 2.81. The fourth-order valence-electron chi connectivity index (χ4n) is 2.42. The second-order valence-corrected chi connectivity index (χ2v) is 4.27. The molecule has 0 aromatic heterocycles. The molecule has 1 heterocycles. The summed E-state index contributed by atoms with van der Waals surface area (Å²) in [5.41, 5.74) is -0.171. The van der Waals surface area contributed by atoms with Gasteiger partial charge in [-0.3, -0.25) is 4.79 Å². The molecule has 1 aliphatic carbocycles. The number of carbonyl (C=O) groups excluding carboxylic acids is 1. The lowest BCUT2D eigenvalue weighted by molar-refractivity contribution is -0.208. The van der Waals surface area contributed by atoms with Crippen molar-refractivity contribution in [2.75, 3.05) is 13.2 Å². The predicted octanol–water partition coefficient (Wildman–Crippen LogP) is 1.55. The Bertz CT molecular complexity index is 229. The molecule has 1 aliphatic heterocycles. The van der Waals surface area contributed by atoms with Gasteiger partial charge in [0.05, 0.1) is 24.7 Å². The van der Waals surface area contributed by atoms with Gasteiger partial charge in [-0.15, -0.1) is 0 Å². The smallest absolute Gasteiger partial charge is 0.144 e. The normalized spacial score (nSPS) is 31.0. The van der Waals surface area contributed by atoms with E-state index in [1.807, 2.05) is 0 Å². The lowest BCUT2D eigenvalue weighted by atomic mass is 9.61. The number of carbonyl (C=O) groups is 1. The molecular weight excluding hydrogens is 180 g/mol. The van der Waals surface area contributed by atoms with Crippen molar-refractivity contribution in [1.82, 2.24) is 0 Å². The Hall–Kier alpha value is -0.410. The second kappa shape index (κ2) is 3.63. The molecule has 1 atom stereocenters. The van der Waals surface area contributed by atoms with E-state index in [4.69, 9.17) is 9.47 Å². The quantitative estimate of drug-likeness (QED) is 0.687. The molecule has 2 fully saturated rings. The molecule has 3 nitrogen and oxygen atoms in total. The van der Waals surface area contributed by atoms with Gasteiger partial charge >= 0.3 is 0 Å². The summed E-state index contributed by atoms with van der Waals surface area (Å²) < 4.78 is 10.9. The first-order valence-electron chi connectivity index (χ1n) is 5.49. The van der Waals surface area contributed by atoms with Gasteiger partial charge in [-0.05, 0) is 12.8 Å². The average molecular weight is 198 g/mol. The molecule has 1 saturated carbocycles. The Morgan fingerprint density at radius 3 is 2.43 bits per heavy atom. The van der Waals surface area contributed by atoms with E-state index in [1.165, 1.54) is 0 Å². The maximum absolute atomic E-state index is 11.6. The molecule has 14 heavy (non-hydrogen) atoms. The van der Waals surface area contributed by atoms with Crippen LogP contribution in [0.25, 0.3) is 0 Å². The van der Waals surface area contributed by atoms with Gasteiger partial charge in [0, 0.05) is 6.42 Å². The van der Waals surface area contributed by atoms with E-state index in [9.17, 15) is 4.79 Å². The number of hydrogen-bond acceptors (Lipinski definition) is 3. The molecule has 2 aliphatic rings. The summed E-state index contributed by atoms with van der Waals surface area (Å²) in [6, 6.07) is 0. The monoisotopic (exact) mass is 198 g/mol. The fraction of sp³-hybridized carbons (Fsp3) is 0.909. The summed E-state index contributed by atoms with van der Waals surface area (Å²) >= 11 is 0. The van der Waals surface area contributed by atoms with Crippen molar-refractivity contribution >= 4 is 5.78 Å². The van der Waals surface area contributed by atoms with E-state index in [1.54, 1.807) is 0 Å². The summed E-state index contributed by atoms with van der Waals surface area (Å²) in [4.78, 5) is 11.6. The molecule has 0 radical (unpaired) electrons. The molecule has 1 unspecified atom stereocenters. The van der Waals surface area contributed by atoms with Gasteiger partial charge < -0.3 is 9.47 Å². The third-order valence-corrected chi connectivity index (χ3v) is 3.77. The van der Waals surface area contributed by atoms with Crippen molar-refractivity contribution in [2.45, 2.75) is 45.3 Å². The number of hydrogen-bond donors (Lipinski definition) is 0. The maximum Gasteiger partial charge on any atom is 0.144 e. The Morgan fingerprint density at radius 2 is 2.07 bits per heavy atom. The Kier molecular flexibility index (Phi) is 2.62. The number of Topliss-reactive ketones (excluding diaryl/α,β-unsaturated/α-hetero) is 1. The highest BCUT2D eigenvalue weighted by Crippen LogP contribution is 2.46. The van der Waals surface area contributed by atoms with Crippen LogP contribution in [0.2, 0.25) is 0 Å². The van der Waals surface area contributed by atoms with Crippen molar-refractivity contribution in [2.24, 2.45) is 5.41 Å². The molecule has 0 amide bonds. The topological polar surface area (TPSA) is 35.5 Å². The lowest BCUT2D eigenvalue weighted by Crippen LogP contribution is -2.57. The van der Waals surface area contributed by atoms with Crippen LogP contribution in [-0.2, 0) is 14.3 Å². The zero-order valence-electron chi connectivity index (χ0n) is 8.91. The Morgan fingerprint density at radius 1 is 1.43 bits per heavy atom. The first-order valence-corrected chi connectivity index (χ1v) is 5.49. The van der Waals surface area contributed by atoms with Gasteiger partial charge in [-0.2, -0.15) is 0 Å². The van der Waals surface area contributed by atoms with Crippen LogP contribution in [0.1, 0.15) is 33.1 Å². The van der Waals surface area contributed by atoms with Crippen LogP contribution in [0.15, 0.2) is 0 Å². The van der Waals surface area contributed by atoms with Crippen molar-refractivity contribution in [3.63, 3.8) is 0 Å². The van der Waals surface area contributed by atoms with Crippen LogP contribution >= 0.6 is 0 Å². The SMILES string of the molecule is CCC1(CC)C(=O)CC1OC1COC1. The first-order chi connectivity index (χ1) is 6.73. The van der Waals surface area contributed by atoms with Gasteiger partial charge in [-0.1, -0.05) is 13.8 Å². The zero-order chi connectivity index (χ0) is 10.2. The second-order valence-electron chi connectivity index (χ2n) is 4.27. The van der Waals surface area contributed by atoms with Crippen LogP contribution in [0.3, 0.4) is 0 Å². The third kappa shape index (κ3) is 1.30. The highest BCUT2D eigenvalue weighted by Gasteiger charge is 2.53. The molecule has 0 aromatic carbocycles. The van der Waals surface area contributed by atoms with Crippen LogP contribution in [0.4, 0.5) is 0 Å². The minimum absolute atomic E-state index is 0.152. The molecular formula is C11H18O3. The van der Waals surface area contributed by atoms with Crippen LogP contribution < -0.4 is 0 Å². The minimum Gasteiger partial charge on any atom is -0.376 e. The highest BCUT2D eigenvalue weighted by atomic mass is 16.6. The van der Waals surface area contributed by atoms with E-state index in [2.05, 4.69) is 13.8 Å². The van der Waals surface area contributed by atoms with E-state index >= 15 is 0 Å². The maximum atomic E-state index is 11.6. The summed E-state index contributed by atoms with van der Waals surface area (Å²) in [6.45, 7) is 5.56. The first kappa shape index (κ1) is 10.1. The van der Waals surface area contributed by atoms with E-state index < -0.39 is 0 Å². The van der Waals surface area contributed by atoms with Crippen molar-refractivity contribution in [1.29, 1.82) is 0 Å². The van der Waals surface area contributed by atoms with Gasteiger partial charge in [0.2, 0.25) is 0 Å².